The van der Waals surface area contributed by atoms with Crippen LogP contribution in [0.4, 0.5) is 10.8 Å². The van der Waals surface area contributed by atoms with Crippen LogP contribution in [0, 0.1) is 13.8 Å². The van der Waals surface area contributed by atoms with Crippen molar-refractivity contribution >= 4 is 49.4 Å². The van der Waals surface area contributed by atoms with Crippen LogP contribution in [0.15, 0.2) is 64.9 Å². The first-order chi connectivity index (χ1) is 15.3. The lowest BCUT2D eigenvalue weighted by Crippen LogP contribution is -2.15. The molecule has 4 aromatic rings. The van der Waals surface area contributed by atoms with E-state index in [4.69, 9.17) is 0 Å². The molecule has 0 unspecified atom stereocenters. The number of carbonyl (C=O) groups excluding carboxylic acids is 1. The number of anilines is 2. The Morgan fingerprint density at radius 3 is 2.53 bits per heavy atom. The van der Waals surface area contributed by atoms with Gasteiger partial charge in [-0.05, 0) is 43.7 Å². The van der Waals surface area contributed by atoms with Gasteiger partial charge in [0.2, 0.25) is 5.91 Å². The molecule has 0 radical (unpaired) electrons. The van der Waals surface area contributed by atoms with Gasteiger partial charge in [-0.3, -0.25) is 9.52 Å². The predicted octanol–water partition coefficient (Wildman–Crippen LogP) is 4.87. The number of sulfonamides is 1. The monoisotopic (exact) mass is 484 g/mol. The van der Waals surface area contributed by atoms with Crippen LogP contribution in [0.5, 0.6) is 0 Å². The number of nitrogens with zero attached hydrogens (tertiary/aromatic N) is 2. The standard InChI is InChI=1S/C22H20N4O3S3/c1-14-21(31-15(2)23-14)19-13-30-22(24-19)25-20(27)12-16-7-6-8-17(11-16)26-32(28,29)18-9-4-3-5-10-18/h3-11,13,26H,12H2,1-2H3,(H,24,25,27). The molecule has 4 rings (SSSR count). The molecule has 1 amide bonds. The predicted molar refractivity (Wildman–Crippen MR) is 129 cm³/mol. The van der Waals surface area contributed by atoms with E-state index in [0.717, 1.165) is 21.3 Å². The van der Waals surface area contributed by atoms with E-state index < -0.39 is 10.0 Å². The van der Waals surface area contributed by atoms with Crippen molar-refractivity contribution in [2.75, 3.05) is 10.0 Å². The summed E-state index contributed by atoms with van der Waals surface area (Å²) in [5.41, 5.74) is 2.80. The first-order valence-corrected chi connectivity index (χ1v) is 12.8. The van der Waals surface area contributed by atoms with Crippen LogP contribution in [-0.2, 0) is 21.2 Å². The molecule has 0 aliphatic heterocycles. The molecule has 2 N–H and O–H groups in total. The highest BCUT2D eigenvalue weighted by atomic mass is 32.2. The summed E-state index contributed by atoms with van der Waals surface area (Å²) in [5, 5.41) is 6.19. The largest absolute Gasteiger partial charge is 0.302 e. The number of hydrogen-bond acceptors (Lipinski definition) is 7. The van der Waals surface area contributed by atoms with Crippen LogP contribution >= 0.6 is 22.7 Å². The van der Waals surface area contributed by atoms with E-state index in [9.17, 15) is 13.2 Å². The zero-order valence-corrected chi connectivity index (χ0v) is 19.8. The van der Waals surface area contributed by atoms with Gasteiger partial charge in [-0.25, -0.2) is 18.4 Å². The molecule has 0 saturated heterocycles. The molecular formula is C22H20N4O3S3. The lowest BCUT2D eigenvalue weighted by molar-refractivity contribution is -0.115. The van der Waals surface area contributed by atoms with Crippen LogP contribution in [0.1, 0.15) is 16.3 Å². The Morgan fingerprint density at radius 1 is 1.03 bits per heavy atom. The minimum Gasteiger partial charge on any atom is -0.302 e. The molecule has 0 saturated carbocycles. The highest BCUT2D eigenvalue weighted by Crippen LogP contribution is 2.32. The number of benzene rings is 2. The fourth-order valence-electron chi connectivity index (χ4n) is 3.11. The van der Waals surface area contributed by atoms with Crippen molar-refractivity contribution in [3.05, 3.63) is 76.2 Å². The van der Waals surface area contributed by atoms with E-state index in [0.29, 0.717) is 16.4 Å². The lowest BCUT2D eigenvalue weighted by Gasteiger charge is -2.09. The number of carbonyl (C=O) groups is 1. The fourth-order valence-corrected chi connectivity index (χ4v) is 5.86. The molecule has 0 atom stereocenters. The summed E-state index contributed by atoms with van der Waals surface area (Å²) >= 11 is 2.93. The molecule has 2 heterocycles. The van der Waals surface area contributed by atoms with E-state index in [2.05, 4.69) is 20.0 Å². The van der Waals surface area contributed by atoms with Crippen LogP contribution < -0.4 is 10.0 Å². The van der Waals surface area contributed by atoms with Gasteiger partial charge in [0.25, 0.3) is 10.0 Å². The summed E-state index contributed by atoms with van der Waals surface area (Å²) in [6.07, 6.45) is 0.0918. The van der Waals surface area contributed by atoms with E-state index >= 15 is 0 Å². The highest BCUT2D eigenvalue weighted by molar-refractivity contribution is 7.92. The average Bonchev–Trinajstić information content (AvgIpc) is 3.33. The normalized spacial score (nSPS) is 11.3. The Kier molecular flexibility index (Phi) is 6.35. The van der Waals surface area contributed by atoms with Gasteiger partial charge in [0.15, 0.2) is 5.13 Å². The van der Waals surface area contributed by atoms with Gasteiger partial charge < -0.3 is 5.32 Å². The second-order valence-corrected chi connectivity index (χ2v) is 10.8. The maximum absolute atomic E-state index is 12.5. The van der Waals surface area contributed by atoms with Gasteiger partial charge in [0.05, 0.1) is 32.6 Å². The van der Waals surface area contributed by atoms with E-state index in [1.165, 1.54) is 23.5 Å². The lowest BCUT2D eigenvalue weighted by atomic mass is 10.1. The first kappa shape index (κ1) is 22.1. The van der Waals surface area contributed by atoms with Gasteiger partial charge >= 0.3 is 0 Å². The number of amides is 1. The molecule has 0 aliphatic carbocycles. The van der Waals surface area contributed by atoms with Gasteiger partial charge in [0.1, 0.15) is 0 Å². The van der Waals surface area contributed by atoms with Crippen molar-refractivity contribution < 1.29 is 13.2 Å². The zero-order valence-electron chi connectivity index (χ0n) is 17.3. The molecule has 0 spiro atoms. The zero-order chi connectivity index (χ0) is 22.7. The van der Waals surface area contributed by atoms with E-state index in [1.807, 2.05) is 19.2 Å². The van der Waals surface area contributed by atoms with E-state index in [1.54, 1.807) is 53.8 Å². The number of aromatic nitrogens is 2. The van der Waals surface area contributed by atoms with Crippen molar-refractivity contribution in [2.24, 2.45) is 0 Å². The molecular weight excluding hydrogens is 464 g/mol. The van der Waals surface area contributed by atoms with Gasteiger partial charge in [-0.1, -0.05) is 30.3 Å². The molecule has 7 nitrogen and oxygen atoms in total. The van der Waals surface area contributed by atoms with Crippen molar-refractivity contribution in [1.82, 2.24) is 9.97 Å². The van der Waals surface area contributed by atoms with Crippen LogP contribution in [0.2, 0.25) is 0 Å². The van der Waals surface area contributed by atoms with Gasteiger partial charge in [0, 0.05) is 11.1 Å². The fraction of sp³-hybridized carbons (Fsp3) is 0.136. The van der Waals surface area contributed by atoms with E-state index in [-0.39, 0.29) is 17.2 Å². The summed E-state index contributed by atoms with van der Waals surface area (Å²) in [4.78, 5) is 22.6. The molecule has 2 aromatic carbocycles. The number of thiazole rings is 2. The Hall–Kier alpha value is -3.08. The topological polar surface area (TPSA) is 101 Å². The Bertz CT molecular complexity index is 1360. The summed E-state index contributed by atoms with van der Waals surface area (Å²) < 4.78 is 27.6. The maximum Gasteiger partial charge on any atom is 0.261 e. The number of rotatable bonds is 7. The van der Waals surface area contributed by atoms with Gasteiger partial charge in [-0.2, -0.15) is 0 Å². The third-order valence-corrected chi connectivity index (χ3v) is 7.73. The number of nitrogens with one attached hydrogen (secondary N) is 2. The van der Waals surface area contributed by atoms with Crippen molar-refractivity contribution in [2.45, 2.75) is 25.2 Å². The number of aryl methyl sites for hydroxylation is 2. The van der Waals surface area contributed by atoms with Crippen molar-refractivity contribution in [3.8, 4) is 10.6 Å². The molecule has 32 heavy (non-hydrogen) atoms. The van der Waals surface area contributed by atoms with Crippen LogP contribution in [0.3, 0.4) is 0 Å². The molecule has 0 fully saturated rings. The molecule has 2 aromatic heterocycles. The minimum atomic E-state index is -3.70. The molecule has 0 aliphatic rings. The smallest absolute Gasteiger partial charge is 0.261 e. The van der Waals surface area contributed by atoms with Crippen molar-refractivity contribution in [1.29, 1.82) is 0 Å². The average molecular weight is 485 g/mol. The first-order valence-electron chi connectivity index (χ1n) is 9.67. The Morgan fingerprint density at radius 2 is 1.81 bits per heavy atom. The minimum absolute atomic E-state index is 0.0918. The second kappa shape index (κ2) is 9.19. The van der Waals surface area contributed by atoms with Gasteiger partial charge in [-0.15, -0.1) is 22.7 Å². The molecule has 10 heteroatoms. The Balaban J connectivity index is 1.42. The second-order valence-electron chi connectivity index (χ2n) is 7.03. The summed E-state index contributed by atoms with van der Waals surface area (Å²) in [6.45, 7) is 3.89. The number of hydrogen-bond donors (Lipinski definition) is 2. The SMILES string of the molecule is Cc1nc(C)c(-c2csc(NC(=O)Cc3cccc(NS(=O)(=O)c4ccccc4)c3)n2)s1. The third-order valence-electron chi connectivity index (χ3n) is 4.48. The molecule has 164 valence electrons. The maximum atomic E-state index is 12.5. The van der Waals surface area contributed by atoms with Crippen LogP contribution in [0.25, 0.3) is 10.6 Å². The quantitative estimate of drug-likeness (QED) is 0.390. The summed E-state index contributed by atoms with van der Waals surface area (Å²) in [7, 11) is -3.70. The van der Waals surface area contributed by atoms with Crippen molar-refractivity contribution in [3.63, 3.8) is 0 Å². The van der Waals surface area contributed by atoms with Crippen LogP contribution in [-0.4, -0.2) is 24.3 Å². The molecule has 0 bridgehead atoms. The Labute approximate surface area is 194 Å². The summed E-state index contributed by atoms with van der Waals surface area (Å²) in [6, 6.07) is 14.9. The third kappa shape index (κ3) is 5.21. The highest BCUT2D eigenvalue weighted by Gasteiger charge is 2.15. The summed E-state index contributed by atoms with van der Waals surface area (Å²) in [5.74, 6) is -0.230.